The Morgan fingerprint density at radius 1 is 1.06 bits per heavy atom. The van der Waals surface area contributed by atoms with Gasteiger partial charge in [-0.25, -0.2) is 5.10 Å². The first-order valence-corrected chi connectivity index (χ1v) is 11.1. The van der Waals surface area contributed by atoms with Crippen LogP contribution < -0.4 is 5.56 Å². The molecule has 3 heterocycles. The van der Waals surface area contributed by atoms with Crippen LogP contribution in [-0.4, -0.2) is 41.8 Å². The van der Waals surface area contributed by atoms with Crippen molar-refractivity contribution in [1.82, 2.24) is 29.9 Å². The molecule has 12 heteroatoms. The van der Waals surface area contributed by atoms with E-state index in [0.717, 1.165) is 13.0 Å². The molecule has 0 radical (unpaired) electrons. The molecular formula is C24H20F4N6O2. The molecule has 1 atom stereocenters. The minimum Gasteiger partial charge on any atom is -0.327 e. The van der Waals surface area contributed by atoms with Crippen molar-refractivity contribution in [3.63, 3.8) is 0 Å². The maximum absolute atomic E-state index is 15.6. The Labute approximate surface area is 201 Å². The number of hydrogen-bond donors (Lipinski definition) is 1. The highest BCUT2D eigenvalue weighted by molar-refractivity contribution is 5.94. The molecule has 0 saturated heterocycles. The van der Waals surface area contributed by atoms with Gasteiger partial charge in [0.2, 0.25) is 5.82 Å². The van der Waals surface area contributed by atoms with E-state index in [0.29, 0.717) is 0 Å². The minimum atomic E-state index is -3.63. The van der Waals surface area contributed by atoms with Gasteiger partial charge in [-0.3, -0.25) is 9.59 Å². The third-order valence-corrected chi connectivity index (χ3v) is 6.24. The first-order valence-electron chi connectivity index (χ1n) is 11.1. The number of carbonyl (C=O) groups excluding carboxylic acids is 1. The molecule has 1 N–H and O–H groups in total. The standard InChI is InChI=1S/C24H20F4N6O2/c1-13-11-34-18(29-32-22(34)23(2,25)26)12-33(13)21(36)14-6-5-7-15(10-14)24(27,28)19-16-8-3-4-9-17(16)20(35)31-30-19/h3-10,13H,11-12H2,1-2H3,(H,31,35). The van der Waals surface area contributed by atoms with E-state index in [1.54, 1.807) is 13.0 Å². The van der Waals surface area contributed by atoms with Crippen molar-refractivity contribution in [2.75, 3.05) is 0 Å². The van der Waals surface area contributed by atoms with Gasteiger partial charge in [-0.05, 0) is 25.1 Å². The zero-order chi connectivity index (χ0) is 25.8. The lowest BCUT2D eigenvalue weighted by molar-refractivity contribution is 0.000995. The van der Waals surface area contributed by atoms with Gasteiger partial charge in [0.1, 0.15) is 5.69 Å². The average molecular weight is 500 g/mol. The fourth-order valence-corrected chi connectivity index (χ4v) is 4.42. The first kappa shape index (κ1) is 23.6. The van der Waals surface area contributed by atoms with Crippen molar-refractivity contribution in [3.8, 4) is 0 Å². The molecule has 1 unspecified atom stereocenters. The number of H-pyrrole nitrogens is 1. The fourth-order valence-electron chi connectivity index (χ4n) is 4.42. The highest BCUT2D eigenvalue weighted by Gasteiger charge is 2.40. The molecule has 0 spiro atoms. The fraction of sp³-hybridized carbons (Fsp3) is 0.292. The van der Waals surface area contributed by atoms with E-state index in [9.17, 15) is 18.4 Å². The second kappa shape index (κ2) is 8.25. The van der Waals surface area contributed by atoms with Gasteiger partial charge in [0.05, 0.1) is 11.9 Å². The molecule has 4 aromatic rings. The predicted molar refractivity (Wildman–Crippen MR) is 121 cm³/mol. The van der Waals surface area contributed by atoms with Crippen LogP contribution >= 0.6 is 0 Å². The van der Waals surface area contributed by atoms with Gasteiger partial charge in [-0.1, -0.05) is 30.3 Å². The second-order valence-corrected chi connectivity index (χ2v) is 8.82. The van der Waals surface area contributed by atoms with E-state index in [4.69, 9.17) is 0 Å². The largest absolute Gasteiger partial charge is 0.327 e. The average Bonchev–Trinajstić information content (AvgIpc) is 3.26. The number of nitrogens with one attached hydrogen (secondary N) is 1. The summed E-state index contributed by atoms with van der Waals surface area (Å²) >= 11 is 0. The van der Waals surface area contributed by atoms with Crippen LogP contribution in [0.2, 0.25) is 0 Å². The lowest BCUT2D eigenvalue weighted by atomic mass is 9.98. The summed E-state index contributed by atoms with van der Waals surface area (Å²) in [6, 6.07) is 10.3. The van der Waals surface area contributed by atoms with E-state index in [1.165, 1.54) is 45.9 Å². The number of rotatable bonds is 4. The van der Waals surface area contributed by atoms with Crippen molar-refractivity contribution in [1.29, 1.82) is 0 Å². The monoisotopic (exact) mass is 500 g/mol. The number of benzene rings is 2. The third-order valence-electron chi connectivity index (χ3n) is 6.24. The molecule has 0 aliphatic carbocycles. The van der Waals surface area contributed by atoms with E-state index < -0.39 is 46.4 Å². The van der Waals surface area contributed by atoms with Crippen LogP contribution in [0.1, 0.15) is 47.1 Å². The van der Waals surface area contributed by atoms with Gasteiger partial charge in [0.15, 0.2) is 5.82 Å². The van der Waals surface area contributed by atoms with Gasteiger partial charge in [-0.2, -0.15) is 22.7 Å². The van der Waals surface area contributed by atoms with Crippen molar-refractivity contribution in [3.05, 3.63) is 87.4 Å². The number of carbonyl (C=O) groups is 1. The molecule has 0 fully saturated rings. The molecule has 1 amide bonds. The summed E-state index contributed by atoms with van der Waals surface area (Å²) < 4.78 is 60.2. The molecule has 2 aromatic carbocycles. The Bertz CT molecular complexity index is 1540. The summed E-state index contributed by atoms with van der Waals surface area (Å²) in [7, 11) is 0. The van der Waals surface area contributed by atoms with Crippen molar-refractivity contribution < 1.29 is 22.4 Å². The minimum absolute atomic E-state index is 0.00417. The van der Waals surface area contributed by atoms with Crippen LogP contribution in [0.25, 0.3) is 10.8 Å². The molecule has 8 nitrogen and oxygen atoms in total. The highest BCUT2D eigenvalue weighted by Crippen LogP contribution is 2.38. The number of hydrogen-bond acceptors (Lipinski definition) is 5. The van der Waals surface area contributed by atoms with E-state index in [1.807, 2.05) is 0 Å². The van der Waals surface area contributed by atoms with Crippen LogP contribution in [0.5, 0.6) is 0 Å². The number of nitrogens with zero attached hydrogens (tertiary/aromatic N) is 5. The van der Waals surface area contributed by atoms with Crippen LogP contribution in [0.15, 0.2) is 53.3 Å². The smallest absolute Gasteiger partial charge is 0.317 e. The Kier molecular flexibility index (Phi) is 5.42. The topological polar surface area (TPSA) is 96.8 Å². The maximum atomic E-state index is 15.6. The number of amides is 1. The Hall–Kier alpha value is -4.09. The molecule has 0 bridgehead atoms. The quantitative estimate of drug-likeness (QED) is 0.430. The summed E-state index contributed by atoms with van der Waals surface area (Å²) in [6.45, 7) is 2.33. The lowest BCUT2D eigenvalue weighted by Gasteiger charge is -2.34. The predicted octanol–water partition coefficient (Wildman–Crippen LogP) is 3.81. The van der Waals surface area contributed by atoms with Crippen molar-refractivity contribution >= 4 is 16.7 Å². The summed E-state index contributed by atoms with van der Waals surface area (Å²) in [5.41, 5.74) is -1.74. The van der Waals surface area contributed by atoms with Gasteiger partial charge in [0, 0.05) is 36.0 Å². The summed E-state index contributed by atoms with van der Waals surface area (Å²) in [6.07, 6.45) is 0. The summed E-state index contributed by atoms with van der Waals surface area (Å²) in [5.74, 6) is -7.69. The third kappa shape index (κ3) is 3.82. The van der Waals surface area contributed by atoms with Gasteiger partial charge in [-0.15, -0.1) is 10.2 Å². The molecule has 1 aliphatic rings. The number of fused-ring (bicyclic) bond motifs is 2. The SMILES string of the molecule is CC1Cn2c(nnc2C(C)(F)F)CN1C(=O)c1cccc(C(F)(F)c2n[nH]c(=O)c3ccccc23)c1. The molecule has 0 saturated carbocycles. The number of halogens is 4. The lowest BCUT2D eigenvalue weighted by Crippen LogP contribution is -2.45. The number of aromatic nitrogens is 5. The zero-order valence-electron chi connectivity index (χ0n) is 19.2. The Morgan fingerprint density at radius 2 is 1.78 bits per heavy atom. The molecule has 5 rings (SSSR count). The molecule has 1 aliphatic heterocycles. The van der Waals surface area contributed by atoms with E-state index in [2.05, 4.69) is 20.4 Å². The van der Waals surface area contributed by atoms with Crippen LogP contribution in [0.3, 0.4) is 0 Å². The van der Waals surface area contributed by atoms with Crippen molar-refractivity contribution in [2.45, 2.75) is 44.8 Å². The highest BCUT2D eigenvalue weighted by atomic mass is 19.3. The second-order valence-electron chi connectivity index (χ2n) is 8.82. The van der Waals surface area contributed by atoms with Crippen LogP contribution in [-0.2, 0) is 24.9 Å². The van der Waals surface area contributed by atoms with Crippen LogP contribution in [0.4, 0.5) is 17.6 Å². The molecule has 186 valence electrons. The normalized spacial score (nSPS) is 16.3. The Balaban J connectivity index is 1.49. The number of aromatic amines is 1. The van der Waals surface area contributed by atoms with E-state index >= 15 is 8.78 Å². The number of alkyl halides is 4. The Morgan fingerprint density at radius 3 is 2.50 bits per heavy atom. The first-order chi connectivity index (χ1) is 17.0. The van der Waals surface area contributed by atoms with Crippen LogP contribution in [0, 0.1) is 0 Å². The van der Waals surface area contributed by atoms with Gasteiger partial charge >= 0.3 is 11.8 Å². The maximum Gasteiger partial charge on any atom is 0.317 e. The van der Waals surface area contributed by atoms with E-state index in [-0.39, 0.29) is 35.2 Å². The van der Waals surface area contributed by atoms with Gasteiger partial charge in [0.25, 0.3) is 11.5 Å². The molecule has 36 heavy (non-hydrogen) atoms. The van der Waals surface area contributed by atoms with Gasteiger partial charge < -0.3 is 9.47 Å². The summed E-state index contributed by atoms with van der Waals surface area (Å²) in [4.78, 5) is 26.7. The summed E-state index contributed by atoms with van der Waals surface area (Å²) in [5, 5.41) is 13.2. The molecule has 2 aromatic heterocycles. The zero-order valence-corrected chi connectivity index (χ0v) is 19.2. The molecular weight excluding hydrogens is 480 g/mol. The van der Waals surface area contributed by atoms with Crippen molar-refractivity contribution in [2.24, 2.45) is 0 Å².